The largest absolute Gasteiger partial charge is 0.469 e. The SMILES string of the molecule is COC(=O)CCCc1ccc(C(CCCC(C)(C)C)NS(=O)(=O)c2ccccc2)cc1. The highest BCUT2D eigenvalue weighted by atomic mass is 32.2. The fourth-order valence-corrected chi connectivity index (χ4v) is 4.72. The van der Waals surface area contributed by atoms with Crippen molar-refractivity contribution in [2.75, 3.05) is 7.11 Å². The van der Waals surface area contributed by atoms with Gasteiger partial charge in [0.2, 0.25) is 10.0 Å². The Labute approximate surface area is 187 Å². The molecule has 0 saturated carbocycles. The van der Waals surface area contributed by atoms with Gasteiger partial charge in [0.25, 0.3) is 0 Å². The molecule has 0 saturated heterocycles. The number of benzene rings is 2. The van der Waals surface area contributed by atoms with Crippen LogP contribution in [0.25, 0.3) is 0 Å². The number of nitrogens with one attached hydrogen (secondary N) is 1. The Morgan fingerprint density at radius 3 is 2.23 bits per heavy atom. The van der Waals surface area contributed by atoms with E-state index in [0.29, 0.717) is 6.42 Å². The Balaban J connectivity index is 2.13. The first-order valence-electron chi connectivity index (χ1n) is 10.8. The van der Waals surface area contributed by atoms with Gasteiger partial charge >= 0.3 is 5.97 Å². The summed E-state index contributed by atoms with van der Waals surface area (Å²) in [6.45, 7) is 6.58. The molecule has 1 N–H and O–H groups in total. The highest BCUT2D eigenvalue weighted by molar-refractivity contribution is 7.89. The van der Waals surface area contributed by atoms with Crippen LogP contribution in [0.5, 0.6) is 0 Å². The van der Waals surface area contributed by atoms with Crippen LogP contribution < -0.4 is 4.72 Å². The van der Waals surface area contributed by atoms with Crippen molar-refractivity contribution in [2.45, 2.75) is 70.2 Å². The molecular formula is C25H35NO4S. The van der Waals surface area contributed by atoms with Gasteiger partial charge in [0.15, 0.2) is 0 Å². The van der Waals surface area contributed by atoms with Gasteiger partial charge in [0, 0.05) is 12.5 Å². The molecule has 0 spiro atoms. The van der Waals surface area contributed by atoms with Crippen molar-refractivity contribution in [2.24, 2.45) is 5.41 Å². The summed E-state index contributed by atoms with van der Waals surface area (Å²) in [5.74, 6) is -0.203. The minimum absolute atomic E-state index is 0.201. The standard InChI is InChI=1S/C25H35NO4S/c1-25(2,3)19-9-13-23(26-31(28,29)22-11-6-5-7-12-22)21-17-15-20(16-18-21)10-8-14-24(27)30-4/h5-7,11-12,15-18,23,26H,8-10,13-14,19H2,1-4H3. The van der Waals surface area contributed by atoms with Gasteiger partial charge in [-0.2, -0.15) is 0 Å². The average molecular weight is 446 g/mol. The van der Waals surface area contributed by atoms with Crippen molar-refractivity contribution in [3.8, 4) is 0 Å². The lowest BCUT2D eigenvalue weighted by Gasteiger charge is -2.23. The van der Waals surface area contributed by atoms with E-state index in [9.17, 15) is 13.2 Å². The third-order valence-corrected chi connectivity index (χ3v) is 6.71. The third kappa shape index (κ3) is 8.83. The van der Waals surface area contributed by atoms with E-state index in [-0.39, 0.29) is 22.3 Å². The van der Waals surface area contributed by atoms with Crippen molar-refractivity contribution in [3.63, 3.8) is 0 Å². The van der Waals surface area contributed by atoms with E-state index in [0.717, 1.165) is 43.2 Å². The van der Waals surface area contributed by atoms with E-state index in [2.05, 4.69) is 30.2 Å². The Hall–Kier alpha value is -2.18. The fourth-order valence-electron chi connectivity index (χ4n) is 3.44. The third-order valence-electron chi connectivity index (χ3n) is 5.23. The van der Waals surface area contributed by atoms with Crippen LogP contribution in [0.4, 0.5) is 0 Å². The average Bonchev–Trinajstić information content (AvgIpc) is 2.73. The molecule has 0 bridgehead atoms. The maximum Gasteiger partial charge on any atom is 0.305 e. The zero-order valence-electron chi connectivity index (χ0n) is 19.1. The molecule has 2 rings (SSSR count). The number of rotatable bonds is 11. The Bertz CT molecular complexity index is 916. The second-order valence-electron chi connectivity index (χ2n) is 9.11. The molecule has 6 heteroatoms. The normalized spacial score (nSPS) is 13.0. The number of ether oxygens (including phenoxy) is 1. The van der Waals surface area contributed by atoms with E-state index in [1.807, 2.05) is 24.3 Å². The van der Waals surface area contributed by atoms with Crippen LogP contribution in [0.1, 0.15) is 70.0 Å². The van der Waals surface area contributed by atoms with Crippen LogP contribution in [0.3, 0.4) is 0 Å². The molecule has 0 amide bonds. The Kier molecular flexibility index (Phi) is 9.26. The Morgan fingerprint density at radius 2 is 1.65 bits per heavy atom. The van der Waals surface area contributed by atoms with Crippen LogP contribution in [-0.2, 0) is 26.0 Å². The summed E-state index contributed by atoms with van der Waals surface area (Å²) in [5, 5.41) is 0. The molecule has 0 aliphatic rings. The lowest BCUT2D eigenvalue weighted by molar-refractivity contribution is -0.140. The number of hydrogen-bond donors (Lipinski definition) is 1. The van der Waals surface area contributed by atoms with Gasteiger partial charge in [-0.15, -0.1) is 0 Å². The van der Waals surface area contributed by atoms with Gasteiger partial charge in [-0.05, 0) is 54.4 Å². The molecule has 1 unspecified atom stereocenters. The quantitative estimate of drug-likeness (QED) is 0.469. The number of carbonyl (C=O) groups excluding carboxylic acids is 1. The van der Waals surface area contributed by atoms with Crippen molar-refractivity contribution >= 4 is 16.0 Å². The van der Waals surface area contributed by atoms with Crippen molar-refractivity contribution in [1.29, 1.82) is 0 Å². The molecule has 0 heterocycles. The van der Waals surface area contributed by atoms with Crippen LogP contribution in [-0.4, -0.2) is 21.5 Å². The lowest BCUT2D eigenvalue weighted by Crippen LogP contribution is -2.29. The van der Waals surface area contributed by atoms with Crippen LogP contribution in [0.2, 0.25) is 0 Å². The summed E-state index contributed by atoms with van der Waals surface area (Å²) < 4.78 is 33.4. The van der Waals surface area contributed by atoms with Gasteiger partial charge in [0.1, 0.15) is 0 Å². The van der Waals surface area contributed by atoms with Crippen molar-refractivity contribution < 1.29 is 17.9 Å². The van der Waals surface area contributed by atoms with Crippen LogP contribution in [0.15, 0.2) is 59.5 Å². The van der Waals surface area contributed by atoms with Crippen LogP contribution >= 0.6 is 0 Å². The molecular weight excluding hydrogens is 410 g/mol. The van der Waals surface area contributed by atoms with E-state index in [4.69, 9.17) is 0 Å². The maximum atomic E-state index is 12.9. The minimum atomic E-state index is -3.61. The molecule has 0 aliphatic carbocycles. The number of methoxy groups -OCH3 is 1. The van der Waals surface area contributed by atoms with Crippen LogP contribution in [0, 0.1) is 5.41 Å². The molecule has 1 atom stereocenters. The number of esters is 1. The predicted octanol–water partition coefficient (Wildman–Crippen LogP) is 5.42. The number of sulfonamides is 1. The fraction of sp³-hybridized carbons (Fsp3) is 0.480. The molecule has 2 aromatic carbocycles. The summed E-state index contributed by atoms with van der Waals surface area (Å²) in [4.78, 5) is 11.6. The molecule has 2 aromatic rings. The molecule has 0 aliphatic heterocycles. The first kappa shape index (κ1) is 25.1. The first-order chi connectivity index (χ1) is 14.6. The van der Waals surface area contributed by atoms with Gasteiger partial charge in [-0.25, -0.2) is 13.1 Å². The monoisotopic (exact) mass is 445 g/mol. The Morgan fingerprint density at radius 1 is 1.00 bits per heavy atom. The molecule has 0 fully saturated rings. The van der Waals surface area contributed by atoms with E-state index >= 15 is 0 Å². The summed E-state index contributed by atoms with van der Waals surface area (Å²) >= 11 is 0. The topological polar surface area (TPSA) is 72.5 Å². The summed E-state index contributed by atoms with van der Waals surface area (Å²) in [6, 6.07) is 16.2. The van der Waals surface area contributed by atoms with E-state index < -0.39 is 10.0 Å². The number of carbonyl (C=O) groups is 1. The van der Waals surface area contributed by atoms with Crippen molar-refractivity contribution in [3.05, 3.63) is 65.7 Å². The van der Waals surface area contributed by atoms with Crippen molar-refractivity contribution in [1.82, 2.24) is 4.72 Å². The first-order valence-corrected chi connectivity index (χ1v) is 12.3. The highest BCUT2D eigenvalue weighted by Crippen LogP contribution is 2.28. The zero-order valence-corrected chi connectivity index (χ0v) is 19.9. The summed E-state index contributed by atoms with van der Waals surface area (Å²) in [6.07, 6.45) is 4.56. The molecule has 5 nitrogen and oxygen atoms in total. The number of aryl methyl sites for hydroxylation is 1. The highest BCUT2D eigenvalue weighted by Gasteiger charge is 2.22. The second kappa shape index (κ2) is 11.4. The number of hydrogen-bond acceptors (Lipinski definition) is 4. The molecule has 31 heavy (non-hydrogen) atoms. The van der Waals surface area contributed by atoms with E-state index in [1.165, 1.54) is 7.11 Å². The zero-order chi connectivity index (χ0) is 22.9. The predicted molar refractivity (Wildman–Crippen MR) is 124 cm³/mol. The minimum Gasteiger partial charge on any atom is -0.469 e. The second-order valence-corrected chi connectivity index (χ2v) is 10.8. The lowest BCUT2D eigenvalue weighted by atomic mass is 9.88. The summed E-state index contributed by atoms with van der Waals surface area (Å²) in [5.41, 5.74) is 2.27. The molecule has 0 radical (unpaired) electrons. The maximum absolute atomic E-state index is 12.9. The molecule has 170 valence electrons. The van der Waals surface area contributed by atoms with E-state index in [1.54, 1.807) is 30.3 Å². The van der Waals surface area contributed by atoms with Gasteiger partial charge < -0.3 is 4.74 Å². The van der Waals surface area contributed by atoms with Gasteiger partial charge in [-0.1, -0.05) is 69.7 Å². The molecule has 0 aromatic heterocycles. The van der Waals surface area contributed by atoms with Gasteiger partial charge in [-0.3, -0.25) is 4.79 Å². The smallest absolute Gasteiger partial charge is 0.305 e. The van der Waals surface area contributed by atoms with Gasteiger partial charge in [0.05, 0.1) is 12.0 Å². The summed E-state index contributed by atoms with van der Waals surface area (Å²) in [7, 11) is -2.22.